The minimum absolute atomic E-state index is 0. The Hall–Kier alpha value is -5.03. The van der Waals surface area contributed by atoms with Crippen LogP contribution >= 0.6 is 24.8 Å². The molecule has 0 N–H and O–H groups in total. The van der Waals surface area contributed by atoms with Crippen molar-refractivity contribution in [2.75, 3.05) is 67.3 Å². The lowest BCUT2D eigenvalue weighted by Crippen LogP contribution is -2.44. The molecule has 6 rings (SSSR count). The van der Waals surface area contributed by atoms with Crippen LogP contribution in [0.3, 0.4) is 0 Å². The first kappa shape index (κ1) is 43.7. The summed E-state index contributed by atoms with van der Waals surface area (Å²) in [6.07, 6.45) is 3.94. The largest absolute Gasteiger partial charge is 0.494 e. The Labute approximate surface area is 343 Å². The van der Waals surface area contributed by atoms with Crippen molar-refractivity contribution in [1.82, 2.24) is 9.88 Å². The van der Waals surface area contributed by atoms with Crippen LogP contribution in [0.2, 0.25) is 0 Å². The molecule has 1 aliphatic rings. The zero-order chi connectivity index (χ0) is 38.0. The second-order valence-electron chi connectivity index (χ2n) is 13.1. The van der Waals surface area contributed by atoms with Gasteiger partial charge in [0.2, 0.25) is 11.5 Å². The van der Waals surface area contributed by atoms with Crippen molar-refractivity contribution in [3.05, 3.63) is 102 Å². The van der Waals surface area contributed by atoms with E-state index >= 15 is 0 Å². The maximum atomic E-state index is 5.78. The fourth-order valence-corrected chi connectivity index (χ4v) is 7.23. The van der Waals surface area contributed by atoms with Gasteiger partial charge in [0.1, 0.15) is 5.75 Å². The standard InChI is InChI=1S/C44H51N3O7.2ClH/c1-8-54-37-14-12-35(13-15-37)47(29-31-16-19-45-38(23-31)34-26-41(50-4)44(53-7)42(27-34)51-5)36-17-20-46(21-18-36)28-30-10-9-11-32(22-30)33-24-39(48-2)43(52-6)40(25-33)49-3;;/h9-16,19,22-27,36H,8,17-18,20-21,28-29H2,1-7H3;2*1H. The molecule has 0 bridgehead atoms. The van der Waals surface area contributed by atoms with Gasteiger partial charge in [0.15, 0.2) is 23.0 Å². The molecule has 1 aliphatic heterocycles. The molecule has 2 heterocycles. The zero-order valence-electron chi connectivity index (χ0n) is 33.2. The molecule has 300 valence electrons. The molecular formula is C44H53Cl2N3O7. The quantitative estimate of drug-likeness (QED) is 0.0962. The molecule has 1 fully saturated rings. The molecule has 1 saturated heterocycles. The molecule has 0 amide bonds. The van der Waals surface area contributed by atoms with E-state index in [9.17, 15) is 0 Å². The van der Waals surface area contributed by atoms with E-state index in [2.05, 4.69) is 70.5 Å². The van der Waals surface area contributed by atoms with Crippen LogP contribution in [0.1, 0.15) is 30.9 Å². The summed E-state index contributed by atoms with van der Waals surface area (Å²) in [6.45, 7) is 6.21. The summed E-state index contributed by atoms with van der Waals surface area (Å²) in [7, 11) is 9.76. The smallest absolute Gasteiger partial charge is 0.203 e. The molecule has 4 aromatic carbocycles. The second-order valence-corrected chi connectivity index (χ2v) is 13.1. The number of piperidine rings is 1. The van der Waals surface area contributed by atoms with Crippen molar-refractivity contribution in [1.29, 1.82) is 0 Å². The molecule has 56 heavy (non-hydrogen) atoms. The number of pyridine rings is 1. The van der Waals surface area contributed by atoms with E-state index in [0.29, 0.717) is 47.1 Å². The lowest BCUT2D eigenvalue weighted by atomic mass is 9.99. The number of benzene rings is 4. The highest BCUT2D eigenvalue weighted by molar-refractivity contribution is 5.85. The monoisotopic (exact) mass is 805 g/mol. The van der Waals surface area contributed by atoms with Gasteiger partial charge in [0.25, 0.3) is 0 Å². The third kappa shape index (κ3) is 10.0. The summed E-state index contributed by atoms with van der Waals surface area (Å²) in [5.41, 5.74) is 7.43. The predicted molar refractivity (Wildman–Crippen MR) is 227 cm³/mol. The molecule has 0 unspecified atom stereocenters. The molecule has 12 heteroatoms. The lowest BCUT2D eigenvalue weighted by molar-refractivity contribution is 0.201. The average molecular weight is 807 g/mol. The molecule has 10 nitrogen and oxygen atoms in total. The van der Waals surface area contributed by atoms with Crippen molar-refractivity contribution in [2.45, 2.75) is 38.9 Å². The second kappa shape index (κ2) is 20.8. The molecule has 0 radical (unpaired) electrons. The van der Waals surface area contributed by atoms with Gasteiger partial charge < -0.3 is 38.1 Å². The Balaban J connectivity index is 0.00000348. The summed E-state index contributed by atoms with van der Waals surface area (Å²) >= 11 is 0. The number of ether oxygens (including phenoxy) is 7. The van der Waals surface area contributed by atoms with Gasteiger partial charge in [-0.05, 0) is 109 Å². The van der Waals surface area contributed by atoms with E-state index < -0.39 is 0 Å². The summed E-state index contributed by atoms with van der Waals surface area (Å²) in [6, 6.07) is 29.7. The summed E-state index contributed by atoms with van der Waals surface area (Å²) < 4.78 is 39.4. The van der Waals surface area contributed by atoms with Crippen LogP contribution in [0.4, 0.5) is 5.69 Å². The first-order chi connectivity index (χ1) is 26.4. The van der Waals surface area contributed by atoms with Gasteiger partial charge in [-0.1, -0.05) is 18.2 Å². The maximum absolute atomic E-state index is 5.78. The lowest BCUT2D eigenvalue weighted by Gasteiger charge is -2.40. The van der Waals surface area contributed by atoms with Gasteiger partial charge in [0.05, 0.1) is 55.0 Å². The van der Waals surface area contributed by atoms with Crippen LogP contribution in [-0.4, -0.2) is 78.3 Å². The van der Waals surface area contributed by atoms with Gasteiger partial charge in [-0.2, -0.15) is 0 Å². The van der Waals surface area contributed by atoms with Crippen LogP contribution in [0.25, 0.3) is 22.4 Å². The van der Waals surface area contributed by atoms with Gasteiger partial charge in [0, 0.05) is 49.7 Å². The summed E-state index contributed by atoms with van der Waals surface area (Å²) in [4.78, 5) is 9.81. The van der Waals surface area contributed by atoms with Crippen molar-refractivity contribution >= 4 is 30.5 Å². The third-order valence-electron chi connectivity index (χ3n) is 9.95. The number of methoxy groups -OCH3 is 6. The number of likely N-dealkylation sites (tertiary alicyclic amines) is 1. The number of anilines is 1. The van der Waals surface area contributed by atoms with Crippen molar-refractivity contribution in [3.8, 4) is 62.6 Å². The minimum Gasteiger partial charge on any atom is -0.494 e. The third-order valence-corrected chi connectivity index (χ3v) is 9.95. The Morgan fingerprint density at radius 2 is 1.20 bits per heavy atom. The highest BCUT2D eigenvalue weighted by atomic mass is 35.5. The van der Waals surface area contributed by atoms with Crippen LogP contribution in [0.15, 0.2) is 91.1 Å². The SMILES string of the molecule is CCOc1ccc(N(Cc2ccnc(-c3cc(OC)c(OC)c(OC)c3)c2)C2CCN(Cc3cccc(-c4cc(OC)c(OC)c(OC)c4)c3)CC2)cc1.Cl.Cl. The number of aromatic nitrogens is 1. The molecule has 0 saturated carbocycles. The summed E-state index contributed by atoms with van der Waals surface area (Å²) in [5, 5.41) is 0. The van der Waals surface area contributed by atoms with Crippen LogP contribution in [0.5, 0.6) is 40.2 Å². The van der Waals surface area contributed by atoms with E-state index in [0.717, 1.165) is 72.7 Å². The first-order valence-electron chi connectivity index (χ1n) is 18.3. The molecule has 5 aromatic rings. The molecule has 0 atom stereocenters. The predicted octanol–water partition coefficient (Wildman–Crippen LogP) is 9.38. The molecule has 1 aromatic heterocycles. The van der Waals surface area contributed by atoms with Crippen molar-refractivity contribution < 1.29 is 33.2 Å². The molecule has 0 spiro atoms. The van der Waals surface area contributed by atoms with Gasteiger partial charge in [-0.25, -0.2) is 0 Å². The van der Waals surface area contributed by atoms with E-state index in [4.69, 9.17) is 38.1 Å². The normalized spacial score (nSPS) is 12.8. The molecular weight excluding hydrogens is 753 g/mol. The zero-order valence-corrected chi connectivity index (χ0v) is 34.8. The van der Waals surface area contributed by atoms with Crippen LogP contribution in [0, 0.1) is 0 Å². The number of hydrogen-bond donors (Lipinski definition) is 0. The maximum Gasteiger partial charge on any atom is 0.203 e. The Kier molecular flexibility index (Phi) is 16.2. The number of rotatable bonds is 16. The minimum atomic E-state index is 0. The van der Waals surface area contributed by atoms with E-state index in [1.54, 1.807) is 42.7 Å². The number of hydrogen-bond acceptors (Lipinski definition) is 10. The topological polar surface area (TPSA) is 84.0 Å². The Morgan fingerprint density at radius 3 is 1.73 bits per heavy atom. The Bertz CT molecular complexity index is 1960. The highest BCUT2D eigenvalue weighted by Crippen LogP contribution is 2.42. The molecule has 0 aliphatic carbocycles. The number of halogens is 2. The van der Waals surface area contributed by atoms with E-state index in [1.807, 2.05) is 37.4 Å². The van der Waals surface area contributed by atoms with Crippen LogP contribution < -0.4 is 38.1 Å². The fraction of sp³-hybridized carbons (Fsp3) is 0.341. The first-order valence-corrected chi connectivity index (χ1v) is 18.3. The van der Waals surface area contributed by atoms with Crippen molar-refractivity contribution in [3.63, 3.8) is 0 Å². The summed E-state index contributed by atoms with van der Waals surface area (Å²) in [5.74, 6) is 4.48. The highest BCUT2D eigenvalue weighted by Gasteiger charge is 2.26. The average Bonchev–Trinajstić information content (AvgIpc) is 3.22. The van der Waals surface area contributed by atoms with Crippen molar-refractivity contribution in [2.24, 2.45) is 0 Å². The van der Waals surface area contributed by atoms with E-state index in [1.165, 1.54) is 11.3 Å². The van der Waals surface area contributed by atoms with E-state index in [-0.39, 0.29) is 24.8 Å². The van der Waals surface area contributed by atoms with Gasteiger partial charge in [-0.15, -0.1) is 24.8 Å². The van der Waals surface area contributed by atoms with Crippen LogP contribution in [-0.2, 0) is 13.1 Å². The Morgan fingerprint density at radius 1 is 0.625 bits per heavy atom. The van der Waals surface area contributed by atoms with Gasteiger partial charge in [-0.3, -0.25) is 9.88 Å². The van der Waals surface area contributed by atoms with Gasteiger partial charge >= 0.3 is 0 Å². The number of nitrogens with zero attached hydrogens (tertiary/aromatic N) is 3. The fourth-order valence-electron chi connectivity index (χ4n) is 7.23.